The number of carbonyl (C=O) groups excluding carboxylic acids is 1. The Morgan fingerprint density at radius 2 is 1.96 bits per heavy atom. The SMILES string of the molecule is COc1ccc(C(=O)NCC2CCCc3ccccc32)cc1S(=O)(=O)N(C)C. The topological polar surface area (TPSA) is 75.7 Å². The van der Waals surface area contributed by atoms with Crippen LogP contribution >= 0.6 is 0 Å². The second-order valence-corrected chi connectivity index (χ2v) is 9.27. The van der Waals surface area contributed by atoms with Crippen LogP contribution in [0.1, 0.15) is 40.2 Å². The molecule has 1 atom stereocenters. The van der Waals surface area contributed by atoms with Gasteiger partial charge < -0.3 is 10.1 Å². The molecule has 2 aromatic carbocycles. The predicted molar refractivity (Wildman–Crippen MR) is 108 cm³/mol. The van der Waals surface area contributed by atoms with Gasteiger partial charge in [-0.25, -0.2) is 12.7 Å². The number of rotatable bonds is 6. The highest BCUT2D eigenvalue weighted by Crippen LogP contribution is 2.31. The summed E-state index contributed by atoms with van der Waals surface area (Å²) < 4.78 is 31.4. The van der Waals surface area contributed by atoms with Crippen molar-refractivity contribution in [1.82, 2.24) is 9.62 Å². The van der Waals surface area contributed by atoms with E-state index >= 15 is 0 Å². The van der Waals surface area contributed by atoms with Gasteiger partial charge in [0.05, 0.1) is 7.11 Å². The number of aryl methyl sites for hydroxylation is 1. The molecule has 1 unspecified atom stereocenters. The molecule has 1 amide bonds. The number of fused-ring (bicyclic) bond motifs is 1. The monoisotopic (exact) mass is 402 g/mol. The molecule has 1 aliphatic rings. The Kier molecular flexibility index (Phi) is 6.05. The number of carbonyl (C=O) groups is 1. The van der Waals surface area contributed by atoms with Gasteiger partial charge in [-0.3, -0.25) is 4.79 Å². The number of sulfonamides is 1. The Balaban J connectivity index is 1.79. The number of ether oxygens (including phenoxy) is 1. The van der Waals surface area contributed by atoms with E-state index in [4.69, 9.17) is 4.74 Å². The molecule has 2 aromatic rings. The van der Waals surface area contributed by atoms with Gasteiger partial charge in [-0.15, -0.1) is 0 Å². The maximum absolute atomic E-state index is 12.7. The van der Waals surface area contributed by atoms with Crippen LogP contribution in [-0.4, -0.2) is 46.4 Å². The second kappa shape index (κ2) is 8.32. The summed E-state index contributed by atoms with van der Waals surface area (Å²) in [7, 11) is 0.577. The zero-order valence-electron chi connectivity index (χ0n) is 16.4. The third-order valence-electron chi connectivity index (χ3n) is 5.19. The number of hydrogen-bond donors (Lipinski definition) is 1. The number of amides is 1. The van der Waals surface area contributed by atoms with E-state index in [1.165, 1.54) is 44.5 Å². The van der Waals surface area contributed by atoms with Crippen LogP contribution in [0.25, 0.3) is 0 Å². The van der Waals surface area contributed by atoms with Crippen LogP contribution in [0.2, 0.25) is 0 Å². The van der Waals surface area contributed by atoms with Crippen molar-refractivity contribution in [1.29, 1.82) is 0 Å². The third kappa shape index (κ3) is 4.05. The molecule has 0 aliphatic heterocycles. The molecule has 0 heterocycles. The van der Waals surface area contributed by atoms with E-state index in [2.05, 4.69) is 17.4 Å². The number of nitrogens with one attached hydrogen (secondary N) is 1. The molecule has 1 aliphatic carbocycles. The lowest BCUT2D eigenvalue weighted by Crippen LogP contribution is -2.30. The molecule has 1 N–H and O–H groups in total. The lowest BCUT2D eigenvalue weighted by molar-refractivity contribution is 0.0950. The fraction of sp³-hybridized carbons (Fsp3) is 0.381. The summed E-state index contributed by atoms with van der Waals surface area (Å²) in [6, 6.07) is 12.8. The van der Waals surface area contributed by atoms with E-state index in [0.29, 0.717) is 12.1 Å². The molecule has 0 radical (unpaired) electrons. The summed E-state index contributed by atoms with van der Waals surface area (Å²) in [4.78, 5) is 12.7. The zero-order valence-corrected chi connectivity index (χ0v) is 17.3. The fourth-order valence-electron chi connectivity index (χ4n) is 3.60. The summed E-state index contributed by atoms with van der Waals surface area (Å²) in [6.07, 6.45) is 3.20. The maximum Gasteiger partial charge on any atom is 0.251 e. The molecule has 0 fully saturated rings. The Morgan fingerprint density at radius 3 is 2.68 bits per heavy atom. The van der Waals surface area contributed by atoms with Crippen LogP contribution in [0, 0.1) is 0 Å². The Morgan fingerprint density at radius 1 is 1.21 bits per heavy atom. The normalized spacial score (nSPS) is 16.5. The van der Waals surface area contributed by atoms with Crippen molar-refractivity contribution >= 4 is 15.9 Å². The van der Waals surface area contributed by atoms with Crippen LogP contribution in [0.5, 0.6) is 5.75 Å². The van der Waals surface area contributed by atoms with Gasteiger partial charge >= 0.3 is 0 Å². The fourth-order valence-corrected chi connectivity index (χ4v) is 4.68. The molecule has 3 rings (SSSR count). The van der Waals surface area contributed by atoms with E-state index < -0.39 is 10.0 Å². The number of nitrogens with zero attached hydrogens (tertiary/aromatic N) is 1. The first-order valence-corrected chi connectivity index (χ1v) is 10.7. The van der Waals surface area contributed by atoms with Gasteiger partial charge in [0.15, 0.2) is 0 Å². The molecule has 0 spiro atoms. The van der Waals surface area contributed by atoms with Crippen LogP contribution in [-0.2, 0) is 16.4 Å². The molecule has 6 nitrogen and oxygen atoms in total. The molecule has 150 valence electrons. The van der Waals surface area contributed by atoms with Crippen molar-refractivity contribution in [3.63, 3.8) is 0 Å². The van der Waals surface area contributed by atoms with Crippen molar-refractivity contribution in [2.45, 2.75) is 30.1 Å². The van der Waals surface area contributed by atoms with Crippen LogP contribution in [0.4, 0.5) is 0 Å². The minimum atomic E-state index is -3.72. The smallest absolute Gasteiger partial charge is 0.251 e. The highest BCUT2D eigenvalue weighted by molar-refractivity contribution is 7.89. The van der Waals surface area contributed by atoms with Crippen molar-refractivity contribution in [3.05, 3.63) is 59.2 Å². The van der Waals surface area contributed by atoms with E-state index in [1.54, 1.807) is 6.07 Å². The van der Waals surface area contributed by atoms with E-state index in [0.717, 1.165) is 23.6 Å². The van der Waals surface area contributed by atoms with E-state index in [1.807, 2.05) is 12.1 Å². The summed E-state index contributed by atoms with van der Waals surface area (Å²) in [5, 5.41) is 2.97. The molecule has 0 saturated carbocycles. The largest absolute Gasteiger partial charge is 0.495 e. The van der Waals surface area contributed by atoms with Crippen LogP contribution < -0.4 is 10.1 Å². The average molecular weight is 403 g/mol. The van der Waals surface area contributed by atoms with Gasteiger partial charge in [-0.05, 0) is 48.6 Å². The first-order valence-electron chi connectivity index (χ1n) is 9.31. The first kappa shape index (κ1) is 20.4. The summed E-state index contributed by atoms with van der Waals surface area (Å²) in [6.45, 7) is 0.525. The van der Waals surface area contributed by atoms with Crippen molar-refractivity contribution in [2.75, 3.05) is 27.7 Å². The number of methoxy groups -OCH3 is 1. The predicted octanol–water partition coefficient (Wildman–Crippen LogP) is 2.80. The summed E-state index contributed by atoms with van der Waals surface area (Å²) >= 11 is 0. The minimum absolute atomic E-state index is 0.0179. The first-order chi connectivity index (χ1) is 13.3. The zero-order chi connectivity index (χ0) is 20.3. The van der Waals surface area contributed by atoms with Crippen LogP contribution in [0.15, 0.2) is 47.4 Å². The Hall–Kier alpha value is -2.38. The summed E-state index contributed by atoms with van der Waals surface area (Å²) in [5.41, 5.74) is 2.93. The molecule has 0 saturated heterocycles. The maximum atomic E-state index is 12.7. The highest BCUT2D eigenvalue weighted by Gasteiger charge is 2.25. The standard InChI is InChI=1S/C21H26N2O4S/c1-23(2)28(25,26)20-13-16(11-12-19(20)27-3)21(24)22-14-17-9-6-8-15-7-4-5-10-18(15)17/h4-5,7,10-13,17H,6,8-9,14H2,1-3H3,(H,22,24). The quantitative estimate of drug-likeness (QED) is 0.806. The molecule has 28 heavy (non-hydrogen) atoms. The second-order valence-electron chi connectivity index (χ2n) is 7.15. The average Bonchev–Trinajstić information content (AvgIpc) is 2.71. The van der Waals surface area contributed by atoms with Crippen molar-refractivity contribution < 1.29 is 17.9 Å². The molecule has 0 bridgehead atoms. The Labute approximate surface area is 166 Å². The number of hydrogen-bond acceptors (Lipinski definition) is 4. The van der Waals surface area contributed by atoms with Crippen LogP contribution in [0.3, 0.4) is 0 Å². The van der Waals surface area contributed by atoms with Gasteiger partial charge in [0.25, 0.3) is 5.91 Å². The summed E-state index contributed by atoms with van der Waals surface area (Å²) in [5.74, 6) is 0.199. The third-order valence-corrected chi connectivity index (χ3v) is 7.02. The van der Waals surface area contributed by atoms with E-state index in [-0.39, 0.29) is 22.5 Å². The minimum Gasteiger partial charge on any atom is -0.495 e. The Bertz CT molecular complexity index is 970. The molecular weight excluding hydrogens is 376 g/mol. The molecule has 0 aromatic heterocycles. The lowest BCUT2D eigenvalue weighted by atomic mass is 9.83. The van der Waals surface area contributed by atoms with Gasteiger partial charge in [-0.2, -0.15) is 0 Å². The molecular formula is C21H26N2O4S. The van der Waals surface area contributed by atoms with Crippen molar-refractivity contribution in [2.24, 2.45) is 0 Å². The van der Waals surface area contributed by atoms with Crippen molar-refractivity contribution in [3.8, 4) is 5.75 Å². The van der Waals surface area contributed by atoms with Gasteiger partial charge in [0.1, 0.15) is 10.6 Å². The van der Waals surface area contributed by atoms with E-state index in [9.17, 15) is 13.2 Å². The molecule has 7 heteroatoms. The van der Waals surface area contributed by atoms with Gasteiger partial charge in [0, 0.05) is 32.1 Å². The van der Waals surface area contributed by atoms with Gasteiger partial charge in [-0.1, -0.05) is 24.3 Å². The lowest BCUT2D eigenvalue weighted by Gasteiger charge is -2.25. The number of benzene rings is 2. The highest BCUT2D eigenvalue weighted by atomic mass is 32.2. The van der Waals surface area contributed by atoms with Gasteiger partial charge in [0.2, 0.25) is 10.0 Å².